The number of oxazole rings is 2. The second kappa shape index (κ2) is 11.0. The lowest BCUT2D eigenvalue weighted by molar-refractivity contribution is 0.619. The van der Waals surface area contributed by atoms with Gasteiger partial charge >= 0.3 is 0 Å². The zero-order valence-electron chi connectivity index (χ0n) is 26.8. The van der Waals surface area contributed by atoms with Crippen molar-refractivity contribution < 1.29 is 8.83 Å². The molecule has 7 aromatic carbocycles. The summed E-state index contributed by atoms with van der Waals surface area (Å²) in [6.45, 7) is 0. The normalized spacial score (nSPS) is 11.5. The molecule has 7 nitrogen and oxygen atoms in total. The van der Waals surface area contributed by atoms with Crippen LogP contribution in [0.3, 0.4) is 0 Å². The first-order valence-corrected chi connectivity index (χ1v) is 16.4. The van der Waals surface area contributed by atoms with Gasteiger partial charge in [-0.2, -0.15) is 10.5 Å². The molecule has 0 saturated heterocycles. The lowest BCUT2D eigenvalue weighted by Gasteiger charge is -2.10. The van der Waals surface area contributed by atoms with Crippen LogP contribution in [-0.4, -0.2) is 14.5 Å². The van der Waals surface area contributed by atoms with Gasteiger partial charge in [0, 0.05) is 33.7 Å². The average Bonchev–Trinajstić information content (AvgIpc) is 3.90. The van der Waals surface area contributed by atoms with E-state index in [0.717, 1.165) is 49.7 Å². The molecule has 10 rings (SSSR count). The third-order valence-corrected chi connectivity index (χ3v) is 9.50. The van der Waals surface area contributed by atoms with E-state index >= 15 is 0 Å². The summed E-state index contributed by atoms with van der Waals surface area (Å²) in [6, 6.07) is 50.9. The lowest BCUT2D eigenvalue weighted by Crippen LogP contribution is -1.94. The quantitative estimate of drug-likeness (QED) is 0.187. The summed E-state index contributed by atoms with van der Waals surface area (Å²) >= 11 is 0. The number of hydrogen-bond acceptors (Lipinski definition) is 6. The molecule has 0 radical (unpaired) electrons. The maximum absolute atomic E-state index is 9.38. The van der Waals surface area contributed by atoms with E-state index in [0.29, 0.717) is 45.1 Å². The first kappa shape index (κ1) is 28.5. The van der Waals surface area contributed by atoms with Gasteiger partial charge in [0.2, 0.25) is 11.8 Å². The monoisotopic (exact) mass is 653 g/mol. The highest BCUT2D eigenvalue weighted by atomic mass is 16.4. The van der Waals surface area contributed by atoms with Gasteiger partial charge in [0.05, 0.1) is 34.3 Å². The maximum atomic E-state index is 9.38. The standard InChI is InChI=1S/C44H23N5O2/c45-24-26-6-18-41-38(19-26)48-44(50-41)33-12-17-40-36(23-33)35-22-32(43-47-37-15-5-27(25-46)20-42(37)51-43)11-16-39(35)49(40)34-13-9-29(10-14-34)31-8-7-28-3-1-2-4-30(28)21-31/h1-23H. The molecule has 0 spiro atoms. The van der Waals surface area contributed by atoms with Crippen molar-refractivity contribution in [1.82, 2.24) is 14.5 Å². The smallest absolute Gasteiger partial charge is 0.227 e. The van der Waals surface area contributed by atoms with Gasteiger partial charge in [0.25, 0.3) is 0 Å². The van der Waals surface area contributed by atoms with E-state index in [-0.39, 0.29) is 0 Å². The van der Waals surface area contributed by atoms with Crippen LogP contribution in [0.4, 0.5) is 0 Å². The molecule has 0 amide bonds. The highest BCUT2D eigenvalue weighted by Crippen LogP contribution is 2.38. The largest absolute Gasteiger partial charge is 0.436 e. The molecule has 0 fully saturated rings. The summed E-state index contributed by atoms with van der Waals surface area (Å²) in [5.41, 5.74) is 10.6. The number of nitrogens with zero attached hydrogens (tertiary/aromatic N) is 5. The second-order valence-electron chi connectivity index (χ2n) is 12.5. The Balaban J connectivity index is 1.14. The molecule has 3 aromatic heterocycles. The fourth-order valence-electron chi connectivity index (χ4n) is 6.98. The lowest BCUT2D eigenvalue weighted by atomic mass is 10.0. The van der Waals surface area contributed by atoms with E-state index in [1.165, 1.54) is 10.8 Å². The number of benzene rings is 7. The van der Waals surface area contributed by atoms with Gasteiger partial charge in [0.15, 0.2) is 11.2 Å². The zero-order chi connectivity index (χ0) is 34.1. The Morgan fingerprint density at radius 2 is 1.08 bits per heavy atom. The van der Waals surface area contributed by atoms with E-state index in [2.05, 4.69) is 108 Å². The number of nitriles is 2. The number of aromatic nitrogens is 3. The summed E-state index contributed by atoms with van der Waals surface area (Å²) in [5.74, 6) is 0.956. The summed E-state index contributed by atoms with van der Waals surface area (Å²) in [5, 5.41) is 23.2. The van der Waals surface area contributed by atoms with Crippen LogP contribution in [0.15, 0.2) is 148 Å². The molecule has 0 N–H and O–H groups in total. The minimum atomic E-state index is 0.478. The molecule has 236 valence electrons. The van der Waals surface area contributed by atoms with Gasteiger partial charge in [-0.05, 0) is 107 Å². The SMILES string of the molecule is N#Cc1ccc2oc(-c3ccc4c(c3)c3cc(-c5nc6ccc(C#N)cc6o5)ccc3n4-c3ccc(-c4ccc5ccccc5c4)cc3)nc2c1. The molecule has 51 heavy (non-hydrogen) atoms. The number of hydrogen-bond donors (Lipinski definition) is 0. The first-order chi connectivity index (χ1) is 25.1. The highest BCUT2D eigenvalue weighted by Gasteiger charge is 2.18. The molecule has 0 bridgehead atoms. The van der Waals surface area contributed by atoms with Crippen LogP contribution in [0.1, 0.15) is 11.1 Å². The summed E-state index contributed by atoms with van der Waals surface area (Å²) in [6.07, 6.45) is 0. The highest BCUT2D eigenvalue weighted by molar-refractivity contribution is 6.11. The van der Waals surface area contributed by atoms with Crippen LogP contribution in [0.2, 0.25) is 0 Å². The predicted octanol–water partition coefficient (Wildman–Crippen LogP) is 11.0. The Labute approximate surface area is 290 Å². The molecule has 7 heteroatoms. The van der Waals surface area contributed by atoms with Crippen molar-refractivity contribution in [3.8, 4) is 51.9 Å². The molecule has 0 unspecified atom stereocenters. The van der Waals surface area contributed by atoms with Gasteiger partial charge in [-0.1, -0.05) is 48.5 Å². The first-order valence-electron chi connectivity index (χ1n) is 16.4. The van der Waals surface area contributed by atoms with Crippen molar-refractivity contribution in [3.63, 3.8) is 0 Å². The Bertz CT molecular complexity index is 2960. The van der Waals surface area contributed by atoms with Gasteiger partial charge in [-0.3, -0.25) is 0 Å². The van der Waals surface area contributed by atoms with E-state index in [1.807, 2.05) is 12.1 Å². The topological polar surface area (TPSA) is 105 Å². The molecule has 10 aromatic rings. The van der Waals surface area contributed by atoms with Gasteiger partial charge < -0.3 is 13.4 Å². The van der Waals surface area contributed by atoms with E-state index in [1.54, 1.807) is 36.4 Å². The van der Waals surface area contributed by atoms with Crippen molar-refractivity contribution in [1.29, 1.82) is 10.5 Å². The van der Waals surface area contributed by atoms with Gasteiger partial charge in [-0.25, -0.2) is 9.97 Å². The van der Waals surface area contributed by atoms with Crippen molar-refractivity contribution in [2.24, 2.45) is 0 Å². The van der Waals surface area contributed by atoms with Crippen LogP contribution >= 0.6 is 0 Å². The Kier molecular flexibility index (Phi) is 6.17. The van der Waals surface area contributed by atoms with E-state index in [4.69, 9.17) is 18.8 Å². The molecule has 0 aliphatic rings. The summed E-state index contributed by atoms with van der Waals surface area (Å²) in [4.78, 5) is 9.47. The third-order valence-electron chi connectivity index (χ3n) is 9.50. The molecule has 0 aliphatic heterocycles. The fourth-order valence-corrected chi connectivity index (χ4v) is 6.98. The summed E-state index contributed by atoms with van der Waals surface area (Å²) in [7, 11) is 0. The predicted molar refractivity (Wildman–Crippen MR) is 199 cm³/mol. The van der Waals surface area contributed by atoms with Crippen LogP contribution in [0, 0.1) is 22.7 Å². The van der Waals surface area contributed by atoms with E-state index in [9.17, 15) is 10.5 Å². The maximum Gasteiger partial charge on any atom is 0.227 e. The molecule has 0 atom stereocenters. The van der Waals surface area contributed by atoms with E-state index < -0.39 is 0 Å². The number of rotatable bonds is 4. The molecular formula is C44H23N5O2. The molecule has 0 saturated carbocycles. The summed E-state index contributed by atoms with van der Waals surface area (Å²) < 4.78 is 14.6. The average molecular weight is 654 g/mol. The van der Waals surface area contributed by atoms with Crippen LogP contribution in [0.5, 0.6) is 0 Å². The van der Waals surface area contributed by atoms with Crippen molar-refractivity contribution in [2.75, 3.05) is 0 Å². The second-order valence-corrected chi connectivity index (χ2v) is 12.5. The van der Waals surface area contributed by atoms with Gasteiger partial charge in [-0.15, -0.1) is 0 Å². The molecular weight excluding hydrogens is 631 g/mol. The molecule has 0 aliphatic carbocycles. The van der Waals surface area contributed by atoms with Crippen molar-refractivity contribution in [3.05, 3.63) is 151 Å². The van der Waals surface area contributed by atoms with Crippen LogP contribution in [-0.2, 0) is 0 Å². The van der Waals surface area contributed by atoms with Crippen molar-refractivity contribution in [2.45, 2.75) is 0 Å². The zero-order valence-corrected chi connectivity index (χ0v) is 26.8. The minimum Gasteiger partial charge on any atom is -0.436 e. The third kappa shape index (κ3) is 4.65. The molecule has 3 heterocycles. The fraction of sp³-hybridized carbons (Fsp3) is 0. The Hall–Kier alpha value is -7.48. The minimum absolute atomic E-state index is 0.478. The van der Waals surface area contributed by atoms with Crippen molar-refractivity contribution >= 4 is 54.8 Å². The van der Waals surface area contributed by atoms with Crippen LogP contribution in [0.25, 0.3) is 94.5 Å². The Morgan fingerprint density at radius 3 is 1.80 bits per heavy atom. The van der Waals surface area contributed by atoms with Gasteiger partial charge in [0.1, 0.15) is 11.0 Å². The number of fused-ring (bicyclic) bond motifs is 6. The van der Waals surface area contributed by atoms with Crippen LogP contribution < -0.4 is 0 Å². The Morgan fingerprint density at radius 1 is 0.471 bits per heavy atom.